The van der Waals surface area contributed by atoms with E-state index in [-0.39, 0.29) is 5.91 Å². The molecule has 4 aromatic rings. The van der Waals surface area contributed by atoms with E-state index in [2.05, 4.69) is 15.6 Å². The Balaban J connectivity index is 1.41. The summed E-state index contributed by atoms with van der Waals surface area (Å²) in [5, 5.41) is 9.98. The fraction of sp³-hybridized carbons (Fsp3) is 0.0435. The lowest BCUT2D eigenvalue weighted by Crippen LogP contribution is -2.14. The Labute approximate surface area is 188 Å². The van der Waals surface area contributed by atoms with Crippen molar-refractivity contribution < 1.29 is 4.79 Å². The number of carbonyl (C=O) groups is 1. The first-order valence-electron chi connectivity index (χ1n) is 9.18. The summed E-state index contributed by atoms with van der Waals surface area (Å²) in [5.41, 5.74) is 4.23. The van der Waals surface area contributed by atoms with E-state index in [0.717, 1.165) is 27.6 Å². The Bertz CT molecular complexity index is 1160. The Morgan fingerprint density at radius 1 is 0.967 bits per heavy atom. The SMILES string of the molecule is O=C(Cc1ccccc1)Nc1ccc(-c2csc(Nc3cc(Cl)ccc3Cl)n2)cc1. The van der Waals surface area contributed by atoms with Crippen LogP contribution in [0.15, 0.2) is 78.2 Å². The summed E-state index contributed by atoms with van der Waals surface area (Å²) in [6.07, 6.45) is 0.343. The molecule has 0 aliphatic rings. The summed E-state index contributed by atoms with van der Waals surface area (Å²) in [6, 6.07) is 22.5. The molecule has 0 fully saturated rings. The van der Waals surface area contributed by atoms with Gasteiger partial charge in [0.25, 0.3) is 0 Å². The van der Waals surface area contributed by atoms with Crippen LogP contribution in [-0.4, -0.2) is 10.9 Å². The number of anilines is 3. The summed E-state index contributed by atoms with van der Waals surface area (Å²) < 4.78 is 0. The van der Waals surface area contributed by atoms with Crippen LogP contribution in [0, 0.1) is 0 Å². The molecule has 1 amide bonds. The quantitative estimate of drug-likeness (QED) is 0.329. The number of aromatic nitrogens is 1. The first-order valence-corrected chi connectivity index (χ1v) is 10.8. The van der Waals surface area contributed by atoms with E-state index in [1.807, 2.05) is 60.0 Å². The maximum atomic E-state index is 12.2. The first kappa shape index (κ1) is 20.4. The molecule has 0 aliphatic heterocycles. The van der Waals surface area contributed by atoms with Crippen LogP contribution in [0.5, 0.6) is 0 Å². The number of halogens is 2. The molecule has 1 aromatic heterocycles. The van der Waals surface area contributed by atoms with Crippen LogP contribution in [0.4, 0.5) is 16.5 Å². The normalized spacial score (nSPS) is 10.6. The van der Waals surface area contributed by atoms with Gasteiger partial charge in [0.05, 0.1) is 22.8 Å². The van der Waals surface area contributed by atoms with Crippen LogP contribution in [0.2, 0.25) is 10.0 Å². The largest absolute Gasteiger partial charge is 0.330 e. The lowest BCUT2D eigenvalue weighted by atomic mass is 10.1. The van der Waals surface area contributed by atoms with E-state index in [4.69, 9.17) is 23.2 Å². The van der Waals surface area contributed by atoms with Crippen molar-refractivity contribution in [1.82, 2.24) is 4.98 Å². The zero-order valence-corrected chi connectivity index (χ0v) is 18.1. The monoisotopic (exact) mass is 453 g/mol. The third-order valence-electron chi connectivity index (χ3n) is 4.35. The molecule has 0 unspecified atom stereocenters. The van der Waals surface area contributed by atoms with Gasteiger partial charge in [-0.1, -0.05) is 65.7 Å². The highest BCUT2D eigenvalue weighted by Gasteiger charge is 2.09. The van der Waals surface area contributed by atoms with E-state index in [9.17, 15) is 4.79 Å². The number of amides is 1. The number of hydrogen-bond acceptors (Lipinski definition) is 4. The molecule has 4 rings (SSSR count). The molecule has 3 aromatic carbocycles. The van der Waals surface area contributed by atoms with Gasteiger partial charge in [0.15, 0.2) is 5.13 Å². The number of nitrogens with zero attached hydrogens (tertiary/aromatic N) is 1. The highest BCUT2D eigenvalue weighted by atomic mass is 35.5. The molecule has 150 valence electrons. The second-order valence-electron chi connectivity index (χ2n) is 6.57. The van der Waals surface area contributed by atoms with E-state index in [1.165, 1.54) is 11.3 Å². The van der Waals surface area contributed by atoms with Gasteiger partial charge < -0.3 is 10.6 Å². The van der Waals surface area contributed by atoms with Crippen LogP contribution < -0.4 is 10.6 Å². The minimum Gasteiger partial charge on any atom is -0.330 e. The smallest absolute Gasteiger partial charge is 0.228 e. The summed E-state index contributed by atoms with van der Waals surface area (Å²) in [4.78, 5) is 16.8. The Hall–Kier alpha value is -2.86. The molecule has 0 aliphatic carbocycles. The van der Waals surface area contributed by atoms with Crippen LogP contribution in [-0.2, 0) is 11.2 Å². The van der Waals surface area contributed by atoms with Crippen molar-refractivity contribution in [3.63, 3.8) is 0 Å². The fourth-order valence-electron chi connectivity index (χ4n) is 2.88. The molecular formula is C23H17Cl2N3OS. The predicted molar refractivity (Wildman–Crippen MR) is 126 cm³/mol. The molecule has 7 heteroatoms. The molecule has 0 bridgehead atoms. The highest BCUT2D eigenvalue weighted by molar-refractivity contribution is 7.14. The van der Waals surface area contributed by atoms with Gasteiger partial charge in [-0.2, -0.15) is 0 Å². The predicted octanol–water partition coefficient (Wildman–Crippen LogP) is 7.04. The van der Waals surface area contributed by atoms with Crippen molar-refractivity contribution in [2.24, 2.45) is 0 Å². The van der Waals surface area contributed by atoms with Crippen LogP contribution in [0.25, 0.3) is 11.3 Å². The summed E-state index contributed by atoms with van der Waals surface area (Å²) >= 11 is 13.7. The van der Waals surface area contributed by atoms with Gasteiger partial charge in [0.1, 0.15) is 0 Å². The number of carbonyl (C=O) groups excluding carboxylic acids is 1. The Morgan fingerprint density at radius 3 is 2.50 bits per heavy atom. The van der Waals surface area contributed by atoms with Crippen molar-refractivity contribution in [1.29, 1.82) is 0 Å². The maximum absolute atomic E-state index is 12.2. The van der Waals surface area contributed by atoms with Gasteiger partial charge in [-0.15, -0.1) is 11.3 Å². The molecule has 0 radical (unpaired) electrons. The van der Waals surface area contributed by atoms with Crippen molar-refractivity contribution in [2.45, 2.75) is 6.42 Å². The number of nitrogens with one attached hydrogen (secondary N) is 2. The van der Waals surface area contributed by atoms with Crippen LogP contribution in [0.3, 0.4) is 0 Å². The average molecular weight is 454 g/mol. The lowest BCUT2D eigenvalue weighted by Gasteiger charge is -2.06. The standard InChI is InChI=1S/C23H17Cl2N3OS/c24-17-8-11-19(25)20(13-17)27-23-28-21(14-30-23)16-6-9-18(10-7-16)26-22(29)12-15-4-2-1-3-5-15/h1-11,13-14H,12H2,(H,26,29)(H,27,28). The molecule has 2 N–H and O–H groups in total. The second kappa shape index (κ2) is 9.30. The number of thiazole rings is 1. The van der Waals surface area contributed by atoms with E-state index in [1.54, 1.807) is 18.2 Å². The first-order chi connectivity index (χ1) is 14.6. The number of rotatable bonds is 6. The molecule has 30 heavy (non-hydrogen) atoms. The van der Waals surface area contributed by atoms with Crippen molar-refractivity contribution in [3.05, 3.63) is 93.8 Å². The lowest BCUT2D eigenvalue weighted by molar-refractivity contribution is -0.115. The summed E-state index contributed by atoms with van der Waals surface area (Å²) in [7, 11) is 0. The van der Waals surface area contributed by atoms with E-state index in [0.29, 0.717) is 22.2 Å². The number of hydrogen-bond donors (Lipinski definition) is 2. The fourth-order valence-corrected chi connectivity index (χ4v) is 3.95. The van der Waals surface area contributed by atoms with Gasteiger partial charge in [-0.3, -0.25) is 4.79 Å². The summed E-state index contributed by atoms with van der Waals surface area (Å²) in [6.45, 7) is 0. The van der Waals surface area contributed by atoms with Crippen LogP contribution >= 0.6 is 34.5 Å². The van der Waals surface area contributed by atoms with Gasteiger partial charge in [0, 0.05) is 21.7 Å². The Kier molecular flexibility index (Phi) is 6.33. The molecular weight excluding hydrogens is 437 g/mol. The minimum absolute atomic E-state index is 0.0486. The zero-order chi connectivity index (χ0) is 20.9. The second-order valence-corrected chi connectivity index (χ2v) is 8.28. The van der Waals surface area contributed by atoms with Crippen molar-refractivity contribution >= 4 is 57.0 Å². The zero-order valence-electron chi connectivity index (χ0n) is 15.7. The molecule has 1 heterocycles. The molecule has 0 spiro atoms. The highest BCUT2D eigenvalue weighted by Crippen LogP contribution is 2.32. The van der Waals surface area contributed by atoms with Gasteiger partial charge >= 0.3 is 0 Å². The Morgan fingerprint density at radius 2 is 1.73 bits per heavy atom. The topological polar surface area (TPSA) is 54.0 Å². The van der Waals surface area contributed by atoms with Gasteiger partial charge in [0.2, 0.25) is 5.91 Å². The molecule has 0 saturated heterocycles. The van der Waals surface area contributed by atoms with Crippen molar-refractivity contribution in [3.8, 4) is 11.3 Å². The minimum atomic E-state index is -0.0486. The van der Waals surface area contributed by atoms with Crippen molar-refractivity contribution in [2.75, 3.05) is 10.6 Å². The molecule has 0 atom stereocenters. The average Bonchev–Trinajstić information content (AvgIpc) is 3.20. The molecule has 4 nitrogen and oxygen atoms in total. The van der Waals surface area contributed by atoms with E-state index < -0.39 is 0 Å². The van der Waals surface area contributed by atoms with E-state index >= 15 is 0 Å². The molecule has 0 saturated carbocycles. The third-order valence-corrected chi connectivity index (χ3v) is 5.67. The third kappa shape index (κ3) is 5.19. The van der Waals surface area contributed by atoms with Gasteiger partial charge in [-0.05, 0) is 35.9 Å². The van der Waals surface area contributed by atoms with Gasteiger partial charge in [-0.25, -0.2) is 4.98 Å². The number of benzene rings is 3. The van der Waals surface area contributed by atoms with Crippen LogP contribution in [0.1, 0.15) is 5.56 Å². The maximum Gasteiger partial charge on any atom is 0.228 e. The summed E-state index contributed by atoms with van der Waals surface area (Å²) in [5.74, 6) is -0.0486.